The van der Waals surface area contributed by atoms with Gasteiger partial charge in [0.15, 0.2) is 0 Å². The van der Waals surface area contributed by atoms with E-state index in [0.717, 1.165) is 36.2 Å². The highest BCUT2D eigenvalue weighted by Gasteiger charge is 2.18. The maximum absolute atomic E-state index is 5.20. The number of nitrogens with one attached hydrogen (secondary N) is 1. The van der Waals surface area contributed by atoms with Gasteiger partial charge in [-0.15, -0.1) is 0 Å². The lowest BCUT2D eigenvalue weighted by atomic mass is 10.0. The molecule has 0 atom stereocenters. The molecule has 0 saturated carbocycles. The average molecular weight is 402 g/mol. The Labute approximate surface area is 174 Å². The summed E-state index contributed by atoms with van der Waals surface area (Å²) in [6.45, 7) is 10.4. The van der Waals surface area contributed by atoms with Crippen molar-refractivity contribution < 1.29 is 0 Å². The number of fused-ring (bicyclic) bond motifs is 2. The Morgan fingerprint density at radius 1 is 0.931 bits per heavy atom. The van der Waals surface area contributed by atoms with Crippen molar-refractivity contribution in [1.82, 2.24) is 9.55 Å². The Kier molecular flexibility index (Phi) is 5.46. The van der Waals surface area contributed by atoms with Crippen LogP contribution in [-0.4, -0.2) is 23.8 Å². The van der Waals surface area contributed by atoms with Gasteiger partial charge in [0.2, 0.25) is 0 Å². The molecule has 29 heavy (non-hydrogen) atoms. The van der Waals surface area contributed by atoms with Crippen molar-refractivity contribution in [3.05, 3.63) is 60.7 Å². The fourth-order valence-corrected chi connectivity index (χ4v) is 4.54. The zero-order valence-electron chi connectivity index (χ0n) is 18.0. The molecule has 4 heteroatoms. The summed E-state index contributed by atoms with van der Waals surface area (Å²) in [7, 11) is -1.20. The summed E-state index contributed by atoms with van der Waals surface area (Å²) in [6.07, 6.45) is 3.37. The average Bonchev–Trinajstić information content (AvgIpc) is 3.08. The number of aryl methyl sites for hydroxylation is 1. The van der Waals surface area contributed by atoms with Gasteiger partial charge < -0.3 is 9.88 Å². The number of para-hydroxylation sites is 1. The molecule has 150 valence electrons. The SMILES string of the molecule is CCCCn1c(-c2cccc3ccccc23)nc2c(NC[Si](C)(C)C)cccc21. The number of aromatic nitrogens is 2. The Bertz CT molecular complexity index is 1130. The second-order valence-electron chi connectivity index (χ2n) is 9.05. The van der Waals surface area contributed by atoms with Gasteiger partial charge in [-0.05, 0) is 29.3 Å². The number of unbranched alkanes of at least 4 members (excludes halogenated alkanes) is 1. The van der Waals surface area contributed by atoms with E-state index in [1.807, 2.05) is 0 Å². The van der Waals surface area contributed by atoms with Gasteiger partial charge in [-0.1, -0.05) is 81.5 Å². The van der Waals surface area contributed by atoms with Crippen molar-refractivity contribution >= 4 is 35.6 Å². The van der Waals surface area contributed by atoms with Crippen LogP contribution in [0.3, 0.4) is 0 Å². The van der Waals surface area contributed by atoms with Gasteiger partial charge in [-0.3, -0.25) is 0 Å². The van der Waals surface area contributed by atoms with E-state index in [0.29, 0.717) is 0 Å². The molecule has 0 saturated heterocycles. The number of anilines is 1. The second kappa shape index (κ2) is 8.03. The van der Waals surface area contributed by atoms with E-state index >= 15 is 0 Å². The van der Waals surface area contributed by atoms with E-state index in [-0.39, 0.29) is 0 Å². The molecule has 3 nitrogen and oxygen atoms in total. The molecule has 4 rings (SSSR count). The molecule has 0 unspecified atom stereocenters. The maximum atomic E-state index is 5.20. The predicted molar refractivity (Wildman–Crippen MR) is 129 cm³/mol. The summed E-state index contributed by atoms with van der Waals surface area (Å²) in [6, 6.07) is 21.7. The topological polar surface area (TPSA) is 29.9 Å². The van der Waals surface area contributed by atoms with Crippen LogP contribution in [0.4, 0.5) is 5.69 Å². The third kappa shape index (κ3) is 4.08. The molecule has 0 amide bonds. The predicted octanol–water partition coefficient (Wildman–Crippen LogP) is 6.95. The van der Waals surface area contributed by atoms with Crippen LogP contribution < -0.4 is 5.32 Å². The fraction of sp³-hybridized carbons (Fsp3) is 0.320. The Morgan fingerprint density at radius 3 is 2.48 bits per heavy atom. The van der Waals surface area contributed by atoms with Crippen LogP contribution in [0.5, 0.6) is 0 Å². The van der Waals surface area contributed by atoms with E-state index in [4.69, 9.17) is 4.98 Å². The summed E-state index contributed by atoms with van der Waals surface area (Å²) >= 11 is 0. The molecule has 0 radical (unpaired) electrons. The summed E-state index contributed by atoms with van der Waals surface area (Å²) in [5.74, 6) is 1.08. The van der Waals surface area contributed by atoms with Gasteiger partial charge in [-0.2, -0.15) is 0 Å². The Morgan fingerprint density at radius 2 is 1.69 bits per heavy atom. The lowest BCUT2D eigenvalue weighted by Crippen LogP contribution is -2.31. The molecular formula is C25H31N3Si. The fourth-order valence-electron chi connectivity index (χ4n) is 3.82. The van der Waals surface area contributed by atoms with Gasteiger partial charge in [0.1, 0.15) is 11.3 Å². The molecule has 4 aromatic rings. The van der Waals surface area contributed by atoms with Gasteiger partial charge in [0.05, 0.1) is 19.3 Å². The van der Waals surface area contributed by atoms with Crippen LogP contribution in [0.25, 0.3) is 33.2 Å². The normalized spacial score (nSPS) is 12.0. The summed E-state index contributed by atoms with van der Waals surface area (Å²) < 4.78 is 2.42. The quantitative estimate of drug-likeness (QED) is 0.340. The van der Waals surface area contributed by atoms with Crippen molar-refractivity contribution in [1.29, 1.82) is 0 Å². The van der Waals surface area contributed by atoms with Crippen molar-refractivity contribution in [2.75, 3.05) is 11.5 Å². The largest absolute Gasteiger partial charge is 0.386 e. The molecular weight excluding hydrogens is 370 g/mol. The molecule has 1 aromatic heterocycles. The number of hydrogen-bond donors (Lipinski definition) is 1. The van der Waals surface area contributed by atoms with Crippen LogP contribution in [0.1, 0.15) is 19.8 Å². The monoisotopic (exact) mass is 401 g/mol. The van der Waals surface area contributed by atoms with E-state index in [2.05, 4.69) is 97.1 Å². The van der Waals surface area contributed by atoms with Crippen LogP contribution in [0, 0.1) is 0 Å². The van der Waals surface area contributed by atoms with Crippen molar-refractivity contribution in [2.45, 2.75) is 46.0 Å². The zero-order valence-corrected chi connectivity index (χ0v) is 19.0. The summed E-state index contributed by atoms with van der Waals surface area (Å²) in [5, 5.41) is 6.22. The van der Waals surface area contributed by atoms with Crippen LogP contribution in [-0.2, 0) is 6.54 Å². The van der Waals surface area contributed by atoms with Gasteiger partial charge in [0, 0.05) is 18.3 Å². The standard InChI is InChI=1S/C25H31N3Si/c1-5-6-17-28-23-16-10-15-22(26-18-29(2,3)4)24(23)27-25(28)21-14-9-12-19-11-7-8-13-20(19)21/h7-16,26H,5-6,17-18H2,1-4H3. The molecule has 1 N–H and O–H groups in total. The smallest absolute Gasteiger partial charge is 0.141 e. The van der Waals surface area contributed by atoms with Gasteiger partial charge >= 0.3 is 0 Å². The zero-order chi connectivity index (χ0) is 20.4. The Balaban J connectivity index is 1.90. The molecule has 0 spiro atoms. The lowest BCUT2D eigenvalue weighted by molar-refractivity contribution is 0.651. The number of rotatable bonds is 7. The minimum Gasteiger partial charge on any atom is -0.386 e. The first-order chi connectivity index (χ1) is 14.0. The van der Waals surface area contributed by atoms with E-state index < -0.39 is 8.07 Å². The third-order valence-electron chi connectivity index (χ3n) is 5.35. The number of imidazole rings is 1. The van der Waals surface area contributed by atoms with Crippen molar-refractivity contribution in [3.8, 4) is 11.4 Å². The molecule has 0 aliphatic rings. The van der Waals surface area contributed by atoms with Gasteiger partial charge in [-0.25, -0.2) is 4.98 Å². The highest BCUT2D eigenvalue weighted by atomic mass is 28.3. The lowest BCUT2D eigenvalue weighted by Gasteiger charge is -2.17. The van der Waals surface area contributed by atoms with Crippen LogP contribution in [0.2, 0.25) is 19.6 Å². The maximum Gasteiger partial charge on any atom is 0.141 e. The first-order valence-corrected chi connectivity index (χ1v) is 14.4. The highest BCUT2D eigenvalue weighted by molar-refractivity contribution is 6.76. The van der Waals surface area contributed by atoms with E-state index in [9.17, 15) is 0 Å². The van der Waals surface area contributed by atoms with E-state index in [1.54, 1.807) is 0 Å². The first-order valence-electron chi connectivity index (χ1n) is 10.7. The Hall–Kier alpha value is -2.59. The van der Waals surface area contributed by atoms with Crippen LogP contribution in [0.15, 0.2) is 60.7 Å². The molecule has 3 aromatic carbocycles. The number of nitrogens with zero attached hydrogens (tertiary/aromatic N) is 2. The molecule has 1 heterocycles. The van der Waals surface area contributed by atoms with Crippen molar-refractivity contribution in [2.24, 2.45) is 0 Å². The molecule has 0 fully saturated rings. The number of benzene rings is 3. The summed E-state index contributed by atoms with van der Waals surface area (Å²) in [4.78, 5) is 5.20. The highest BCUT2D eigenvalue weighted by Crippen LogP contribution is 2.33. The van der Waals surface area contributed by atoms with Crippen molar-refractivity contribution in [3.63, 3.8) is 0 Å². The van der Waals surface area contributed by atoms with E-state index in [1.165, 1.54) is 28.3 Å². The summed E-state index contributed by atoms with van der Waals surface area (Å²) in [5.41, 5.74) is 4.68. The molecule has 0 bridgehead atoms. The minimum atomic E-state index is -1.20. The third-order valence-corrected chi connectivity index (χ3v) is 6.59. The minimum absolute atomic E-state index is 0.989. The first kappa shape index (κ1) is 19.7. The number of hydrogen-bond acceptors (Lipinski definition) is 2. The van der Waals surface area contributed by atoms with Crippen LogP contribution >= 0.6 is 0 Å². The second-order valence-corrected chi connectivity index (χ2v) is 14.5. The van der Waals surface area contributed by atoms with Gasteiger partial charge in [0.25, 0.3) is 0 Å². The molecule has 0 aliphatic carbocycles. The molecule has 0 aliphatic heterocycles.